The molecule has 3 heterocycles. The van der Waals surface area contributed by atoms with Crippen molar-refractivity contribution in [2.75, 3.05) is 26.4 Å². The summed E-state index contributed by atoms with van der Waals surface area (Å²) in [6.07, 6.45) is 3.84. The lowest BCUT2D eigenvalue weighted by Gasteiger charge is -2.44. The van der Waals surface area contributed by atoms with Gasteiger partial charge in [0, 0.05) is 37.9 Å². The molecule has 1 aliphatic heterocycles. The molecule has 0 bridgehead atoms. The summed E-state index contributed by atoms with van der Waals surface area (Å²) in [5, 5.41) is 2.67. The average Bonchev–Trinajstić information content (AvgIpc) is 2.76. The Morgan fingerprint density at radius 1 is 1.28 bits per heavy atom. The van der Waals surface area contributed by atoms with E-state index in [0.29, 0.717) is 16.8 Å². The normalized spacial score (nSPS) is 19.4. The van der Waals surface area contributed by atoms with Crippen LogP contribution in [0, 0.1) is 0 Å². The van der Waals surface area contributed by atoms with Gasteiger partial charge in [-0.1, -0.05) is 18.2 Å². The Balaban J connectivity index is 2.10. The Morgan fingerprint density at radius 3 is 2.62 bits per heavy atom. The van der Waals surface area contributed by atoms with Gasteiger partial charge in [0.25, 0.3) is 5.91 Å². The lowest BCUT2D eigenvalue weighted by molar-refractivity contribution is -0.129. The van der Waals surface area contributed by atoms with Crippen molar-refractivity contribution >= 4 is 33.4 Å². The summed E-state index contributed by atoms with van der Waals surface area (Å²) in [5.41, 5.74) is 1.83. The second-order valence-corrected chi connectivity index (χ2v) is 9.80. The molecule has 1 aliphatic rings. The van der Waals surface area contributed by atoms with Gasteiger partial charge in [0.1, 0.15) is 10.8 Å². The molecule has 32 heavy (non-hydrogen) atoms. The first-order chi connectivity index (χ1) is 15.0. The van der Waals surface area contributed by atoms with Crippen molar-refractivity contribution in [3.63, 3.8) is 0 Å². The molecule has 2 amide bonds. The van der Waals surface area contributed by atoms with Crippen molar-refractivity contribution in [2.24, 2.45) is 0 Å². The van der Waals surface area contributed by atoms with Gasteiger partial charge in [-0.15, -0.1) is 0 Å². The number of piperazine rings is 1. The van der Waals surface area contributed by atoms with Crippen molar-refractivity contribution in [2.45, 2.75) is 19.0 Å². The van der Waals surface area contributed by atoms with Gasteiger partial charge < -0.3 is 10.2 Å². The fraction of sp³-hybridized carbons (Fsp3) is 0.333. The van der Waals surface area contributed by atoms with Crippen molar-refractivity contribution in [3.8, 4) is 11.3 Å². The zero-order valence-electron chi connectivity index (χ0n) is 17.9. The summed E-state index contributed by atoms with van der Waals surface area (Å²) in [5.74, 6) is -0.628. The van der Waals surface area contributed by atoms with E-state index in [0.717, 1.165) is 6.26 Å². The minimum atomic E-state index is -3.60. The number of amides is 2. The molecule has 1 N–H and O–H groups in total. The third kappa shape index (κ3) is 4.98. The number of rotatable bonds is 5. The maximum Gasteiger partial charge on any atom is 0.269 e. The summed E-state index contributed by atoms with van der Waals surface area (Å²) in [4.78, 5) is 34.2. The summed E-state index contributed by atoms with van der Waals surface area (Å²) >= 11 is 6.30. The molecule has 9 nitrogen and oxygen atoms in total. The van der Waals surface area contributed by atoms with Crippen LogP contribution in [0.3, 0.4) is 0 Å². The SMILES string of the molecule is C=CC(=O)N1C[C@H](c2cc(Cl)nc(-c3ccnc(C(=O)NC)c3)c2)N(S(C)(=O)=O)[C@@H](C)C1. The van der Waals surface area contributed by atoms with Crippen LogP contribution >= 0.6 is 11.6 Å². The smallest absolute Gasteiger partial charge is 0.269 e. The highest BCUT2D eigenvalue weighted by atomic mass is 35.5. The van der Waals surface area contributed by atoms with E-state index >= 15 is 0 Å². The molecule has 0 unspecified atom stereocenters. The molecule has 3 rings (SSSR count). The number of nitrogens with one attached hydrogen (secondary N) is 1. The monoisotopic (exact) mass is 477 g/mol. The van der Waals surface area contributed by atoms with E-state index < -0.39 is 22.1 Å². The molecule has 0 spiro atoms. The average molecular weight is 478 g/mol. The maximum atomic E-state index is 12.6. The van der Waals surface area contributed by atoms with Gasteiger partial charge in [-0.05, 0) is 42.8 Å². The number of nitrogens with zero attached hydrogens (tertiary/aromatic N) is 4. The first kappa shape index (κ1) is 23.8. The van der Waals surface area contributed by atoms with Crippen LogP contribution in [-0.2, 0) is 14.8 Å². The Bertz CT molecular complexity index is 1170. The zero-order chi connectivity index (χ0) is 23.6. The number of hydrogen-bond acceptors (Lipinski definition) is 6. The molecule has 170 valence electrons. The predicted molar refractivity (Wildman–Crippen MR) is 122 cm³/mol. The summed E-state index contributed by atoms with van der Waals surface area (Å²) in [7, 11) is -2.09. The van der Waals surface area contributed by atoms with E-state index in [2.05, 4.69) is 21.9 Å². The molecule has 2 aromatic heterocycles. The second-order valence-electron chi connectivity index (χ2n) is 7.52. The molecule has 0 aliphatic carbocycles. The van der Waals surface area contributed by atoms with Gasteiger partial charge in [-0.2, -0.15) is 4.31 Å². The third-order valence-electron chi connectivity index (χ3n) is 5.21. The Labute approximate surface area is 192 Å². The lowest BCUT2D eigenvalue weighted by atomic mass is 10.0. The minimum Gasteiger partial charge on any atom is -0.354 e. The Morgan fingerprint density at radius 2 is 2.00 bits per heavy atom. The van der Waals surface area contributed by atoms with E-state index in [4.69, 9.17) is 11.6 Å². The number of halogens is 1. The van der Waals surface area contributed by atoms with E-state index in [1.807, 2.05) is 0 Å². The quantitative estimate of drug-likeness (QED) is 0.519. The maximum absolute atomic E-state index is 12.6. The summed E-state index contributed by atoms with van der Waals surface area (Å²) in [6, 6.07) is 5.43. The summed E-state index contributed by atoms with van der Waals surface area (Å²) in [6.45, 7) is 5.67. The minimum absolute atomic E-state index is 0.141. The highest BCUT2D eigenvalue weighted by Crippen LogP contribution is 2.34. The molecule has 11 heteroatoms. The second kappa shape index (κ2) is 9.35. The number of carbonyl (C=O) groups is 2. The number of hydrogen-bond donors (Lipinski definition) is 1. The van der Waals surface area contributed by atoms with Crippen LogP contribution in [0.1, 0.15) is 29.0 Å². The van der Waals surface area contributed by atoms with Crippen LogP contribution in [0.2, 0.25) is 5.15 Å². The van der Waals surface area contributed by atoms with Crippen LogP contribution in [0.4, 0.5) is 0 Å². The number of aromatic nitrogens is 2. The van der Waals surface area contributed by atoms with E-state index in [-0.39, 0.29) is 35.8 Å². The molecule has 1 fully saturated rings. The fourth-order valence-electron chi connectivity index (χ4n) is 3.89. The van der Waals surface area contributed by atoms with Crippen LogP contribution in [-0.4, -0.2) is 71.8 Å². The van der Waals surface area contributed by atoms with Gasteiger partial charge in [0.05, 0.1) is 18.0 Å². The molecule has 1 saturated heterocycles. The van der Waals surface area contributed by atoms with Crippen LogP contribution in [0.25, 0.3) is 11.3 Å². The first-order valence-electron chi connectivity index (χ1n) is 9.81. The van der Waals surface area contributed by atoms with Crippen molar-refractivity contribution in [3.05, 3.63) is 59.5 Å². The number of carbonyl (C=O) groups excluding carboxylic acids is 2. The largest absolute Gasteiger partial charge is 0.354 e. The topological polar surface area (TPSA) is 113 Å². The van der Waals surface area contributed by atoms with E-state index in [9.17, 15) is 18.0 Å². The number of pyridine rings is 2. The third-order valence-corrected chi connectivity index (χ3v) is 6.78. The number of sulfonamides is 1. The molecule has 0 radical (unpaired) electrons. The molecular weight excluding hydrogens is 454 g/mol. The van der Waals surface area contributed by atoms with Gasteiger partial charge in [-0.25, -0.2) is 13.4 Å². The predicted octanol–water partition coefficient (Wildman–Crippen LogP) is 1.88. The van der Waals surface area contributed by atoms with E-state index in [1.165, 1.54) is 23.6 Å². The molecule has 0 aromatic carbocycles. The highest BCUT2D eigenvalue weighted by molar-refractivity contribution is 7.88. The Kier molecular flexibility index (Phi) is 6.97. The van der Waals surface area contributed by atoms with Gasteiger partial charge in [-0.3, -0.25) is 14.6 Å². The molecular formula is C21H24ClN5O4S. The van der Waals surface area contributed by atoms with Crippen molar-refractivity contribution < 1.29 is 18.0 Å². The van der Waals surface area contributed by atoms with Crippen molar-refractivity contribution in [1.82, 2.24) is 24.5 Å². The summed E-state index contributed by atoms with van der Waals surface area (Å²) < 4.78 is 26.6. The van der Waals surface area contributed by atoms with Crippen molar-refractivity contribution in [1.29, 1.82) is 0 Å². The van der Waals surface area contributed by atoms with Crippen LogP contribution in [0.15, 0.2) is 43.1 Å². The Hall–Kier alpha value is -2.82. The molecule has 0 saturated carbocycles. The zero-order valence-corrected chi connectivity index (χ0v) is 19.5. The van der Waals surface area contributed by atoms with Gasteiger partial charge in [0.15, 0.2) is 0 Å². The molecule has 2 aromatic rings. The highest BCUT2D eigenvalue weighted by Gasteiger charge is 2.40. The first-order valence-corrected chi connectivity index (χ1v) is 12.0. The van der Waals surface area contributed by atoms with Crippen LogP contribution in [0.5, 0.6) is 0 Å². The fourth-order valence-corrected chi connectivity index (χ4v) is 5.48. The van der Waals surface area contributed by atoms with Crippen LogP contribution < -0.4 is 5.32 Å². The van der Waals surface area contributed by atoms with Gasteiger partial charge in [0.2, 0.25) is 15.9 Å². The van der Waals surface area contributed by atoms with E-state index in [1.54, 1.807) is 36.1 Å². The standard InChI is InChI=1S/C21H24ClN5O4S/c1-5-20(28)26-11-13(2)27(32(4,30)31)18(12-26)15-9-16(25-19(22)10-15)14-6-7-24-17(8-14)21(29)23-3/h5-10,13,18H,1,11-12H2,2-4H3,(H,23,29)/t13-,18+/m0/s1. The van der Waals surface area contributed by atoms with Gasteiger partial charge >= 0.3 is 0 Å². The lowest BCUT2D eigenvalue weighted by Crippen LogP contribution is -2.56. The molecule has 2 atom stereocenters.